The Kier molecular flexibility index (Phi) is 4.96. The Hall–Kier alpha value is -2.46. The van der Waals surface area contributed by atoms with E-state index in [1.807, 2.05) is 10.3 Å². The van der Waals surface area contributed by atoms with Crippen molar-refractivity contribution in [2.24, 2.45) is 0 Å². The van der Waals surface area contributed by atoms with Gasteiger partial charge in [-0.1, -0.05) is 5.16 Å². The molecule has 23 heavy (non-hydrogen) atoms. The zero-order valence-corrected chi connectivity index (χ0v) is 13.1. The molecule has 0 saturated carbocycles. The Bertz CT molecular complexity index is 782. The third-order valence-electron chi connectivity index (χ3n) is 2.74. The third kappa shape index (κ3) is 4.27. The van der Waals surface area contributed by atoms with Gasteiger partial charge >= 0.3 is 0 Å². The van der Waals surface area contributed by atoms with E-state index in [1.165, 1.54) is 38.1 Å². The lowest BCUT2D eigenvalue weighted by Gasteiger charge is -2.09. The van der Waals surface area contributed by atoms with Gasteiger partial charge in [-0.25, -0.2) is 12.8 Å². The molecule has 1 aromatic heterocycles. The Morgan fingerprint density at radius 1 is 1.30 bits per heavy atom. The van der Waals surface area contributed by atoms with Crippen molar-refractivity contribution in [1.29, 1.82) is 0 Å². The predicted octanol–water partition coefficient (Wildman–Crippen LogP) is 0.819. The molecule has 0 aliphatic rings. The van der Waals surface area contributed by atoms with Crippen LogP contribution in [0.15, 0.2) is 33.7 Å². The van der Waals surface area contributed by atoms with Crippen molar-refractivity contribution in [1.82, 2.24) is 15.4 Å². The van der Waals surface area contributed by atoms with Gasteiger partial charge in [0.25, 0.3) is 15.9 Å². The van der Waals surface area contributed by atoms with Gasteiger partial charge in [0.05, 0.1) is 0 Å². The Morgan fingerprint density at radius 3 is 2.52 bits per heavy atom. The van der Waals surface area contributed by atoms with Crippen molar-refractivity contribution >= 4 is 15.9 Å². The number of halogens is 1. The van der Waals surface area contributed by atoms with Crippen molar-refractivity contribution in [3.05, 3.63) is 41.5 Å². The van der Waals surface area contributed by atoms with Crippen molar-refractivity contribution < 1.29 is 26.9 Å². The second-order valence-corrected chi connectivity index (χ2v) is 6.17. The smallest absolute Gasteiger partial charge is 0.272 e. The van der Waals surface area contributed by atoms with E-state index >= 15 is 0 Å². The maximum Gasteiger partial charge on any atom is 0.272 e. The fourth-order valence-corrected chi connectivity index (χ4v) is 2.94. The standard InChI is InChI=1S/C13H14FN3O5S/c1-8-13(9(2)22-16-8)23(19,20)17-15-12(18)7-21-11-5-3-10(14)4-6-11/h3-6,17H,7H2,1-2H3,(H,15,18). The highest BCUT2D eigenvalue weighted by molar-refractivity contribution is 7.89. The highest BCUT2D eigenvalue weighted by Crippen LogP contribution is 2.17. The van der Waals surface area contributed by atoms with Crippen molar-refractivity contribution in [3.8, 4) is 5.75 Å². The number of amides is 1. The molecule has 2 aromatic rings. The first-order valence-electron chi connectivity index (χ1n) is 6.41. The first-order valence-corrected chi connectivity index (χ1v) is 7.90. The van der Waals surface area contributed by atoms with Gasteiger partial charge in [0.1, 0.15) is 22.2 Å². The summed E-state index contributed by atoms with van der Waals surface area (Å²) in [4.78, 5) is 13.4. The molecule has 1 aromatic carbocycles. The van der Waals surface area contributed by atoms with Gasteiger partial charge in [-0.15, -0.1) is 4.83 Å². The minimum absolute atomic E-state index is 0.104. The summed E-state index contributed by atoms with van der Waals surface area (Å²) in [6.07, 6.45) is 0. The van der Waals surface area contributed by atoms with Crippen LogP contribution in [0.5, 0.6) is 5.75 Å². The monoisotopic (exact) mass is 343 g/mol. The molecular weight excluding hydrogens is 329 g/mol. The van der Waals surface area contributed by atoms with E-state index in [1.54, 1.807) is 0 Å². The molecule has 1 heterocycles. The van der Waals surface area contributed by atoms with E-state index in [-0.39, 0.29) is 22.1 Å². The van der Waals surface area contributed by atoms with Gasteiger partial charge in [-0.2, -0.15) is 0 Å². The number of aromatic nitrogens is 1. The largest absolute Gasteiger partial charge is 0.484 e. The lowest BCUT2D eigenvalue weighted by Crippen LogP contribution is -2.44. The summed E-state index contributed by atoms with van der Waals surface area (Å²) in [6, 6.07) is 5.04. The van der Waals surface area contributed by atoms with Crippen LogP contribution in [0, 0.1) is 19.7 Å². The molecule has 0 spiro atoms. The molecule has 0 atom stereocenters. The lowest BCUT2D eigenvalue weighted by atomic mass is 10.3. The van der Waals surface area contributed by atoms with E-state index in [4.69, 9.17) is 9.26 Å². The number of hydrazine groups is 1. The maximum atomic E-state index is 12.7. The zero-order chi connectivity index (χ0) is 17.0. The molecule has 2 rings (SSSR count). The lowest BCUT2D eigenvalue weighted by molar-refractivity contribution is -0.123. The molecule has 1 amide bonds. The number of nitrogens with one attached hydrogen (secondary N) is 2. The molecule has 0 bridgehead atoms. The minimum atomic E-state index is -4.01. The van der Waals surface area contributed by atoms with Gasteiger partial charge in [0.2, 0.25) is 0 Å². The molecule has 10 heteroatoms. The number of hydrogen-bond donors (Lipinski definition) is 2. The molecule has 0 unspecified atom stereocenters. The normalized spacial score (nSPS) is 11.3. The summed E-state index contributed by atoms with van der Waals surface area (Å²) in [7, 11) is -4.01. The van der Waals surface area contributed by atoms with Gasteiger partial charge in [0, 0.05) is 0 Å². The number of hydrogen-bond acceptors (Lipinski definition) is 6. The van der Waals surface area contributed by atoms with Crippen LogP contribution in [0.3, 0.4) is 0 Å². The van der Waals surface area contributed by atoms with Crippen molar-refractivity contribution in [3.63, 3.8) is 0 Å². The van der Waals surface area contributed by atoms with Crippen LogP contribution in [0.25, 0.3) is 0 Å². The summed E-state index contributed by atoms with van der Waals surface area (Å²) < 4.78 is 46.6. The van der Waals surface area contributed by atoms with E-state index in [0.717, 1.165) is 0 Å². The van der Waals surface area contributed by atoms with E-state index < -0.39 is 28.4 Å². The summed E-state index contributed by atoms with van der Waals surface area (Å²) in [5, 5.41) is 3.53. The van der Waals surface area contributed by atoms with Crippen LogP contribution >= 0.6 is 0 Å². The van der Waals surface area contributed by atoms with Crippen LogP contribution in [-0.4, -0.2) is 26.1 Å². The van der Waals surface area contributed by atoms with E-state index in [0.29, 0.717) is 0 Å². The average molecular weight is 343 g/mol. The molecule has 124 valence electrons. The van der Waals surface area contributed by atoms with E-state index in [9.17, 15) is 17.6 Å². The number of nitrogens with zero attached hydrogens (tertiary/aromatic N) is 1. The number of ether oxygens (including phenoxy) is 1. The van der Waals surface area contributed by atoms with Gasteiger partial charge < -0.3 is 9.26 Å². The quantitative estimate of drug-likeness (QED) is 0.751. The molecule has 2 N–H and O–H groups in total. The highest BCUT2D eigenvalue weighted by atomic mass is 32.2. The van der Waals surface area contributed by atoms with Gasteiger partial charge in [-0.05, 0) is 38.1 Å². The molecular formula is C13H14FN3O5S. The second-order valence-electron chi connectivity index (χ2n) is 4.55. The number of aryl methyl sites for hydroxylation is 2. The summed E-state index contributed by atoms with van der Waals surface area (Å²) in [5.41, 5.74) is 2.17. The number of sulfonamides is 1. The number of benzene rings is 1. The molecule has 8 nitrogen and oxygen atoms in total. The van der Waals surface area contributed by atoms with Crippen LogP contribution in [0.4, 0.5) is 4.39 Å². The molecule has 0 aliphatic heterocycles. The second kappa shape index (κ2) is 6.75. The fourth-order valence-electron chi connectivity index (χ4n) is 1.75. The average Bonchev–Trinajstić information content (AvgIpc) is 2.84. The number of carbonyl (C=O) groups is 1. The fraction of sp³-hybridized carbons (Fsp3) is 0.231. The Morgan fingerprint density at radius 2 is 1.96 bits per heavy atom. The van der Waals surface area contributed by atoms with Crippen LogP contribution in [0.1, 0.15) is 11.5 Å². The first kappa shape index (κ1) is 16.9. The maximum absolute atomic E-state index is 12.7. The van der Waals surface area contributed by atoms with Crippen LogP contribution in [-0.2, 0) is 14.8 Å². The first-order chi connectivity index (χ1) is 10.8. The number of carbonyl (C=O) groups excluding carboxylic acids is 1. The van der Waals surface area contributed by atoms with E-state index in [2.05, 4.69) is 5.16 Å². The van der Waals surface area contributed by atoms with Gasteiger partial charge in [-0.3, -0.25) is 10.2 Å². The van der Waals surface area contributed by atoms with Crippen LogP contribution < -0.4 is 15.0 Å². The van der Waals surface area contributed by atoms with Gasteiger partial charge in [0.15, 0.2) is 12.4 Å². The summed E-state index contributed by atoms with van der Waals surface area (Å²) >= 11 is 0. The summed E-state index contributed by atoms with van der Waals surface area (Å²) in [5.74, 6) is -0.791. The molecule has 0 fully saturated rings. The van der Waals surface area contributed by atoms with Crippen LogP contribution in [0.2, 0.25) is 0 Å². The zero-order valence-electron chi connectivity index (χ0n) is 12.3. The topological polar surface area (TPSA) is 111 Å². The molecule has 0 saturated heterocycles. The SMILES string of the molecule is Cc1noc(C)c1S(=O)(=O)NNC(=O)COc1ccc(F)cc1. The highest BCUT2D eigenvalue weighted by Gasteiger charge is 2.24. The molecule has 0 aliphatic carbocycles. The minimum Gasteiger partial charge on any atom is -0.484 e. The Balaban J connectivity index is 1.90. The van der Waals surface area contributed by atoms with Crippen molar-refractivity contribution in [2.75, 3.05) is 6.61 Å². The predicted molar refractivity (Wildman–Crippen MR) is 76.3 cm³/mol. The Labute approximate surface area is 131 Å². The number of rotatable bonds is 6. The van der Waals surface area contributed by atoms with Crippen molar-refractivity contribution in [2.45, 2.75) is 18.7 Å². The molecule has 0 radical (unpaired) electrons. The summed E-state index contributed by atoms with van der Waals surface area (Å²) in [6.45, 7) is 2.45. The third-order valence-corrected chi connectivity index (χ3v) is 4.24.